The Morgan fingerprint density at radius 1 is 1.38 bits per heavy atom. The molecular weight excluding hydrogens is 328 g/mol. The molecule has 0 saturated carbocycles. The maximum absolute atomic E-state index is 12.3. The highest BCUT2D eigenvalue weighted by Crippen LogP contribution is 2.27. The Morgan fingerprint density at radius 3 is 2.85 bits per heavy atom. The van der Waals surface area contributed by atoms with Gasteiger partial charge in [-0.1, -0.05) is 30.3 Å². The highest BCUT2D eigenvalue weighted by atomic mass is 16.3. The fraction of sp³-hybridized carbons (Fsp3) is 0.500. The van der Waals surface area contributed by atoms with Crippen LogP contribution in [0.1, 0.15) is 33.7 Å². The number of nitrogens with one attached hydrogen (secondary N) is 1. The van der Waals surface area contributed by atoms with Gasteiger partial charge in [0.1, 0.15) is 0 Å². The van der Waals surface area contributed by atoms with Crippen LogP contribution in [0.15, 0.2) is 30.3 Å². The normalized spacial score (nSPS) is 16.5. The van der Waals surface area contributed by atoms with Crippen molar-refractivity contribution in [3.05, 3.63) is 52.8 Å². The van der Waals surface area contributed by atoms with E-state index < -0.39 is 0 Å². The van der Waals surface area contributed by atoms with Gasteiger partial charge in [-0.2, -0.15) is 5.10 Å². The van der Waals surface area contributed by atoms with Gasteiger partial charge < -0.3 is 15.3 Å². The molecule has 140 valence electrons. The summed E-state index contributed by atoms with van der Waals surface area (Å²) in [5, 5.41) is 16.6. The van der Waals surface area contributed by atoms with E-state index in [1.54, 1.807) is 7.05 Å². The van der Waals surface area contributed by atoms with Crippen molar-refractivity contribution in [2.75, 3.05) is 27.2 Å². The van der Waals surface area contributed by atoms with Crippen molar-refractivity contribution in [1.82, 2.24) is 20.0 Å². The zero-order chi connectivity index (χ0) is 18.5. The van der Waals surface area contributed by atoms with Crippen molar-refractivity contribution < 1.29 is 9.90 Å². The molecule has 2 aromatic rings. The lowest BCUT2D eigenvalue weighted by molar-refractivity contribution is 0.0955. The number of hydrogen-bond donors (Lipinski definition) is 2. The molecule has 0 bridgehead atoms. The number of likely N-dealkylation sites (N-methyl/N-ethyl adjacent to an activating group) is 1. The van der Waals surface area contributed by atoms with Crippen molar-refractivity contribution >= 4 is 5.91 Å². The summed E-state index contributed by atoms with van der Waals surface area (Å²) in [6, 6.07) is 10.7. The number of aliphatic hydroxyl groups is 1. The van der Waals surface area contributed by atoms with Gasteiger partial charge in [0, 0.05) is 37.4 Å². The average molecular weight is 356 g/mol. The molecule has 6 nitrogen and oxygen atoms in total. The van der Waals surface area contributed by atoms with Gasteiger partial charge in [-0.3, -0.25) is 9.48 Å². The molecule has 3 rings (SSSR count). The van der Waals surface area contributed by atoms with Gasteiger partial charge in [0.25, 0.3) is 5.91 Å². The molecule has 0 aliphatic heterocycles. The summed E-state index contributed by atoms with van der Waals surface area (Å²) in [4.78, 5) is 14.5. The first-order valence-electron chi connectivity index (χ1n) is 9.29. The monoisotopic (exact) mass is 356 g/mol. The molecule has 1 aliphatic carbocycles. The van der Waals surface area contributed by atoms with Crippen LogP contribution in [0, 0.1) is 0 Å². The van der Waals surface area contributed by atoms with Gasteiger partial charge in [0.2, 0.25) is 0 Å². The number of carbonyl (C=O) groups is 1. The minimum Gasteiger partial charge on any atom is -0.395 e. The number of aliphatic hydroxyl groups excluding tert-OH is 1. The second-order valence-corrected chi connectivity index (χ2v) is 6.91. The van der Waals surface area contributed by atoms with Crippen LogP contribution in [-0.4, -0.2) is 59.0 Å². The number of nitrogens with zero attached hydrogens (tertiary/aromatic N) is 3. The molecule has 1 aromatic carbocycles. The van der Waals surface area contributed by atoms with Gasteiger partial charge in [-0.05, 0) is 38.3 Å². The zero-order valence-corrected chi connectivity index (χ0v) is 15.6. The van der Waals surface area contributed by atoms with Crippen LogP contribution in [-0.2, 0) is 25.8 Å². The Morgan fingerprint density at radius 2 is 2.15 bits per heavy atom. The lowest BCUT2D eigenvalue weighted by atomic mass is 9.90. The standard InChI is InChI=1S/C20H28N4O2/c1-21-20(26)19-17-14-16(23(2)12-13-25)8-9-18(17)24(22-19)11-10-15-6-4-3-5-7-15/h3-7,16,25H,8-14H2,1-2H3,(H,21,26)/t16-/m1/s1. The molecule has 0 spiro atoms. The second-order valence-electron chi connectivity index (χ2n) is 6.91. The van der Waals surface area contributed by atoms with E-state index in [2.05, 4.69) is 27.4 Å². The minimum absolute atomic E-state index is 0.120. The molecule has 1 aliphatic rings. The van der Waals surface area contributed by atoms with E-state index in [0.717, 1.165) is 37.8 Å². The Hall–Kier alpha value is -2.18. The summed E-state index contributed by atoms with van der Waals surface area (Å²) in [5.41, 5.74) is 4.08. The Balaban J connectivity index is 1.83. The molecule has 0 radical (unpaired) electrons. The SMILES string of the molecule is CNC(=O)c1nn(CCc2ccccc2)c2c1C[C@H](N(C)CCO)CC2. The molecule has 0 unspecified atom stereocenters. The summed E-state index contributed by atoms with van der Waals surface area (Å²) in [6.45, 7) is 1.58. The van der Waals surface area contributed by atoms with E-state index in [1.165, 1.54) is 11.3 Å². The third-order valence-electron chi connectivity index (χ3n) is 5.29. The number of carbonyl (C=O) groups excluding carboxylic acids is 1. The van der Waals surface area contributed by atoms with Crippen molar-refractivity contribution in [3.63, 3.8) is 0 Å². The number of rotatable bonds is 7. The number of fused-ring (bicyclic) bond motifs is 1. The Bertz CT molecular complexity index is 742. The van der Waals surface area contributed by atoms with Crippen LogP contribution < -0.4 is 5.32 Å². The predicted molar refractivity (Wildman–Crippen MR) is 101 cm³/mol. The molecule has 1 aromatic heterocycles. The van der Waals surface area contributed by atoms with E-state index in [1.807, 2.05) is 29.9 Å². The number of amides is 1. The Kier molecular flexibility index (Phi) is 6.06. The van der Waals surface area contributed by atoms with Crippen LogP contribution >= 0.6 is 0 Å². The number of benzene rings is 1. The molecule has 0 saturated heterocycles. The maximum atomic E-state index is 12.3. The predicted octanol–water partition coefficient (Wildman–Crippen LogP) is 1.27. The van der Waals surface area contributed by atoms with Crippen LogP contribution in [0.3, 0.4) is 0 Å². The summed E-state index contributed by atoms with van der Waals surface area (Å²) in [5.74, 6) is -0.120. The fourth-order valence-electron chi connectivity index (χ4n) is 3.75. The first kappa shape index (κ1) is 18.6. The minimum atomic E-state index is -0.120. The van der Waals surface area contributed by atoms with Crippen molar-refractivity contribution in [2.24, 2.45) is 0 Å². The first-order valence-corrected chi connectivity index (χ1v) is 9.29. The van der Waals surface area contributed by atoms with Crippen molar-refractivity contribution in [2.45, 2.75) is 38.3 Å². The summed E-state index contributed by atoms with van der Waals surface area (Å²) in [7, 11) is 3.68. The topological polar surface area (TPSA) is 70.4 Å². The van der Waals surface area contributed by atoms with E-state index in [9.17, 15) is 9.90 Å². The van der Waals surface area contributed by atoms with Crippen molar-refractivity contribution in [1.29, 1.82) is 0 Å². The van der Waals surface area contributed by atoms with E-state index in [4.69, 9.17) is 0 Å². The van der Waals surface area contributed by atoms with Crippen molar-refractivity contribution in [3.8, 4) is 0 Å². The van der Waals surface area contributed by atoms with E-state index in [0.29, 0.717) is 18.3 Å². The van der Waals surface area contributed by atoms with Crippen LogP contribution in [0.5, 0.6) is 0 Å². The van der Waals surface area contributed by atoms with Gasteiger partial charge in [-0.25, -0.2) is 0 Å². The third-order valence-corrected chi connectivity index (χ3v) is 5.29. The van der Waals surface area contributed by atoms with Gasteiger partial charge in [0.15, 0.2) is 5.69 Å². The molecule has 26 heavy (non-hydrogen) atoms. The third kappa shape index (κ3) is 3.97. The summed E-state index contributed by atoms with van der Waals surface area (Å²) >= 11 is 0. The Labute approximate surface area is 154 Å². The molecule has 1 atom stereocenters. The molecular formula is C20H28N4O2. The van der Waals surface area contributed by atoms with Crippen LogP contribution in [0.25, 0.3) is 0 Å². The van der Waals surface area contributed by atoms with Gasteiger partial charge >= 0.3 is 0 Å². The summed E-state index contributed by atoms with van der Waals surface area (Å²) < 4.78 is 2.02. The molecule has 0 fully saturated rings. The second kappa shape index (κ2) is 8.47. The number of aryl methyl sites for hydroxylation is 2. The maximum Gasteiger partial charge on any atom is 0.271 e. The molecule has 1 amide bonds. The summed E-state index contributed by atoms with van der Waals surface area (Å²) in [6.07, 6.45) is 3.64. The quantitative estimate of drug-likeness (QED) is 0.784. The average Bonchev–Trinajstić information content (AvgIpc) is 3.04. The van der Waals surface area contributed by atoms with E-state index >= 15 is 0 Å². The molecule has 6 heteroatoms. The van der Waals surface area contributed by atoms with Crippen LogP contribution in [0.4, 0.5) is 0 Å². The van der Waals surface area contributed by atoms with E-state index in [-0.39, 0.29) is 12.5 Å². The lowest BCUT2D eigenvalue weighted by Crippen LogP contribution is -2.38. The van der Waals surface area contributed by atoms with Gasteiger partial charge in [-0.15, -0.1) is 0 Å². The largest absolute Gasteiger partial charge is 0.395 e. The first-order chi connectivity index (χ1) is 12.6. The number of hydrogen-bond acceptors (Lipinski definition) is 4. The lowest BCUT2D eigenvalue weighted by Gasteiger charge is -2.31. The molecule has 2 N–H and O–H groups in total. The highest BCUT2D eigenvalue weighted by molar-refractivity contribution is 5.93. The highest BCUT2D eigenvalue weighted by Gasteiger charge is 2.30. The van der Waals surface area contributed by atoms with Crippen LogP contribution in [0.2, 0.25) is 0 Å². The van der Waals surface area contributed by atoms with Gasteiger partial charge in [0.05, 0.1) is 6.61 Å². The molecule has 1 heterocycles. The fourth-order valence-corrected chi connectivity index (χ4v) is 3.75. The number of aromatic nitrogens is 2. The zero-order valence-electron chi connectivity index (χ0n) is 15.6. The smallest absolute Gasteiger partial charge is 0.271 e.